The summed E-state index contributed by atoms with van der Waals surface area (Å²) in [4.78, 5) is 23.2. The maximum absolute atomic E-state index is 11.1. The van der Waals surface area contributed by atoms with Gasteiger partial charge >= 0.3 is 5.97 Å². The zero-order valence-corrected chi connectivity index (χ0v) is 10.5. The molecule has 0 saturated carbocycles. The lowest BCUT2D eigenvalue weighted by Gasteiger charge is -2.04. The summed E-state index contributed by atoms with van der Waals surface area (Å²) in [6, 6.07) is 3.62. The van der Waals surface area contributed by atoms with Crippen molar-refractivity contribution in [3.63, 3.8) is 0 Å². The van der Waals surface area contributed by atoms with E-state index in [1.165, 1.54) is 18.4 Å². The number of ether oxygens (including phenoxy) is 1. The molecule has 76 valence electrons. The van der Waals surface area contributed by atoms with Crippen LogP contribution in [0.4, 0.5) is 0 Å². The molecule has 1 aromatic heterocycles. The third-order valence-corrected chi connectivity index (χ3v) is 3.62. The third kappa shape index (κ3) is 3.06. The Balaban J connectivity index is 2.59. The molecule has 3 nitrogen and oxygen atoms in total. The second-order valence-electron chi connectivity index (χ2n) is 2.62. The van der Waals surface area contributed by atoms with E-state index in [0.717, 1.165) is 11.2 Å². The molecule has 0 saturated heterocycles. The number of alkyl halides is 1. The summed E-state index contributed by atoms with van der Waals surface area (Å²) >= 11 is 3.44. The fraction of sp³-hybridized carbons (Fsp3) is 0.333. The third-order valence-electron chi connectivity index (χ3n) is 1.64. The van der Waals surface area contributed by atoms with Crippen LogP contribution in [0.5, 0.6) is 0 Å². The molecule has 0 bridgehead atoms. The van der Waals surface area contributed by atoms with Gasteiger partial charge in [0.2, 0.25) is 0 Å². The fourth-order valence-electron chi connectivity index (χ4n) is 0.955. The van der Waals surface area contributed by atoms with Crippen molar-refractivity contribution in [1.82, 2.24) is 0 Å². The fourth-order valence-corrected chi connectivity index (χ4v) is 2.86. The van der Waals surface area contributed by atoms with Crippen LogP contribution in [-0.2, 0) is 16.0 Å². The highest BCUT2D eigenvalue weighted by Crippen LogP contribution is 2.19. The lowest BCUT2D eigenvalue weighted by Crippen LogP contribution is -2.17. The van der Waals surface area contributed by atoms with Gasteiger partial charge in [-0.2, -0.15) is 0 Å². The first-order valence-corrected chi connectivity index (χ1v) is 5.99. The first kappa shape index (κ1) is 11.6. The van der Waals surface area contributed by atoms with Crippen molar-refractivity contribution in [2.45, 2.75) is 10.3 Å². The Bertz CT molecular complexity index is 335. The van der Waals surface area contributed by atoms with Crippen molar-refractivity contribution in [2.75, 3.05) is 7.11 Å². The largest absolute Gasteiger partial charge is 0.468 e. The van der Waals surface area contributed by atoms with Gasteiger partial charge in [-0.1, -0.05) is 22.6 Å². The maximum Gasteiger partial charge on any atom is 0.318 e. The van der Waals surface area contributed by atoms with Crippen molar-refractivity contribution in [2.24, 2.45) is 0 Å². The number of carbonyl (C=O) groups is 2. The molecule has 0 aliphatic rings. The maximum atomic E-state index is 11.1. The van der Waals surface area contributed by atoms with Crippen LogP contribution in [0.15, 0.2) is 12.1 Å². The molecule has 14 heavy (non-hydrogen) atoms. The van der Waals surface area contributed by atoms with Crippen LogP contribution in [-0.4, -0.2) is 23.3 Å². The SMILES string of the molecule is COC(=O)C(I)Cc1ccc(C=O)s1. The van der Waals surface area contributed by atoms with Crippen molar-refractivity contribution < 1.29 is 14.3 Å². The Kier molecular flexibility index (Phi) is 4.53. The highest BCUT2D eigenvalue weighted by atomic mass is 127. The number of methoxy groups -OCH3 is 1. The molecule has 0 radical (unpaired) electrons. The van der Waals surface area contributed by atoms with Crippen LogP contribution in [0.25, 0.3) is 0 Å². The van der Waals surface area contributed by atoms with Gasteiger partial charge in [0, 0.05) is 11.3 Å². The van der Waals surface area contributed by atoms with Crippen LogP contribution in [0, 0.1) is 0 Å². The number of hydrogen-bond donors (Lipinski definition) is 0. The molecule has 1 atom stereocenters. The first-order chi connectivity index (χ1) is 6.67. The molecule has 0 fully saturated rings. The minimum absolute atomic E-state index is 0.184. The summed E-state index contributed by atoms with van der Waals surface area (Å²) in [7, 11) is 1.37. The zero-order valence-electron chi connectivity index (χ0n) is 7.53. The van der Waals surface area contributed by atoms with Crippen LogP contribution >= 0.6 is 33.9 Å². The minimum Gasteiger partial charge on any atom is -0.468 e. The van der Waals surface area contributed by atoms with Crippen molar-refractivity contribution in [1.29, 1.82) is 0 Å². The number of thiophene rings is 1. The Morgan fingerprint density at radius 1 is 1.71 bits per heavy atom. The molecule has 0 amide bonds. The van der Waals surface area contributed by atoms with Crippen molar-refractivity contribution >= 4 is 46.2 Å². The van der Waals surface area contributed by atoms with Crippen LogP contribution in [0.3, 0.4) is 0 Å². The van der Waals surface area contributed by atoms with Crippen molar-refractivity contribution in [3.8, 4) is 0 Å². The molecule has 0 spiro atoms. The average molecular weight is 324 g/mol. The first-order valence-electron chi connectivity index (χ1n) is 3.93. The predicted octanol–water partition coefficient (Wildman–Crippen LogP) is 2.08. The topological polar surface area (TPSA) is 43.4 Å². The number of hydrogen-bond acceptors (Lipinski definition) is 4. The Morgan fingerprint density at radius 2 is 2.43 bits per heavy atom. The van der Waals surface area contributed by atoms with E-state index in [9.17, 15) is 9.59 Å². The summed E-state index contributed by atoms with van der Waals surface area (Å²) in [5.41, 5.74) is 0. The number of esters is 1. The van der Waals surface area contributed by atoms with Gasteiger partial charge in [0.15, 0.2) is 6.29 Å². The van der Waals surface area contributed by atoms with Gasteiger partial charge in [-0.25, -0.2) is 0 Å². The molecule has 1 heterocycles. The second-order valence-corrected chi connectivity index (χ2v) is 5.32. The molecule has 0 aliphatic carbocycles. The summed E-state index contributed by atoms with van der Waals surface area (Å²) < 4.78 is 4.42. The highest BCUT2D eigenvalue weighted by molar-refractivity contribution is 14.1. The number of aldehydes is 1. The number of carbonyl (C=O) groups excluding carboxylic acids is 2. The molecular weight excluding hydrogens is 315 g/mol. The number of rotatable bonds is 4. The van der Waals surface area contributed by atoms with Gasteiger partial charge in [0.1, 0.15) is 3.92 Å². The van der Waals surface area contributed by atoms with E-state index in [2.05, 4.69) is 4.74 Å². The average Bonchev–Trinajstić information content (AvgIpc) is 2.64. The molecule has 0 aliphatic heterocycles. The summed E-state index contributed by atoms with van der Waals surface area (Å²) in [6.07, 6.45) is 1.43. The number of halogens is 1. The van der Waals surface area contributed by atoms with Crippen LogP contribution in [0.1, 0.15) is 14.5 Å². The van der Waals surface area contributed by atoms with Crippen LogP contribution < -0.4 is 0 Å². The highest BCUT2D eigenvalue weighted by Gasteiger charge is 2.16. The molecule has 1 aromatic rings. The van der Waals surface area contributed by atoms with Gasteiger partial charge in [-0.3, -0.25) is 9.59 Å². The molecule has 0 aromatic carbocycles. The van der Waals surface area contributed by atoms with Gasteiger partial charge in [0.05, 0.1) is 12.0 Å². The Hall–Kier alpha value is -0.430. The van der Waals surface area contributed by atoms with E-state index in [1.54, 1.807) is 6.07 Å². The van der Waals surface area contributed by atoms with E-state index < -0.39 is 0 Å². The molecule has 1 unspecified atom stereocenters. The van der Waals surface area contributed by atoms with E-state index in [0.29, 0.717) is 11.3 Å². The summed E-state index contributed by atoms with van der Waals surface area (Å²) in [5, 5.41) is 0. The molecule has 1 rings (SSSR count). The lowest BCUT2D eigenvalue weighted by atomic mass is 10.2. The van der Waals surface area contributed by atoms with Gasteiger partial charge in [-0.15, -0.1) is 11.3 Å². The van der Waals surface area contributed by atoms with Gasteiger partial charge in [-0.05, 0) is 12.1 Å². The standard InChI is InChI=1S/C9H9IO3S/c1-13-9(12)8(10)4-6-2-3-7(5-11)14-6/h2-3,5,8H,4H2,1H3. The minimum atomic E-state index is -0.230. The van der Waals surface area contributed by atoms with Gasteiger partial charge in [0.25, 0.3) is 0 Å². The second kappa shape index (κ2) is 5.45. The lowest BCUT2D eigenvalue weighted by molar-refractivity contribution is -0.139. The summed E-state index contributed by atoms with van der Waals surface area (Å²) in [6.45, 7) is 0. The van der Waals surface area contributed by atoms with E-state index >= 15 is 0 Å². The smallest absolute Gasteiger partial charge is 0.318 e. The molecule has 0 N–H and O–H groups in total. The zero-order chi connectivity index (χ0) is 10.6. The predicted molar refractivity (Wildman–Crippen MR) is 63.2 cm³/mol. The van der Waals surface area contributed by atoms with Gasteiger partial charge < -0.3 is 4.74 Å². The quantitative estimate of drug-likeness (QED) is 0.369. The Labute approximate surface area is 99.6 Å². The van der Waals surface area contributed by atoms with E-state index in [-0.39, 0.29) is 9.89 Å². The monoisotopic (exact) mass is 324 g/mol. The van der Waals surface area contributed by atoms with E-state index in [4.69, 9.17) is 0 Å². The normalized spacial score (nSPS) is 12.1. The summed E-state index contributed by atoms with van der Waals surface area (Å²) in [5.74, 6) is -0.230. The van der Waals surface area contributed by atoms with Crippen LogP contribution in [0.2, 0.25) is 0 Å². The Morgan fingerprint density at radius 3 is 2.93 bits per heavy atom. The van der Waals surface area contributed by atoms with E-state index in [1.807, 2.05) is 28.7 Å². The molecule has 5 heteroatoms. The molecular formula is C9H9IO3S. The van der Waals surface area contributed by atoms with Crippen molar-refractivity contribution in [3.05, 3.63) is 21.9 Å².